The largest absolute Gasteiger partial charge is 0.394 e. The number of hydrogen-bond acceptors (Lipinski definition) is 2. The predicted molar refractivity (Wildman–Crippen MR) is 87.1 cm³/mol. The Morgan fingerprint density at radius 3 is 2.33 bits per heavy atom. The van der Waals surface area contributed by atoms with Gasteiger partial charge in [0.25, 0.3) is 0 Å². The van der Waals surface area contributed by atoms with Crippen molar-refractivity contribution < 1.29 is 5.11 Å². The maximum Gasteiger partial charge on any atom is 0.0626 e. The van der Waals surface area contributed by atoms with Crippen LogP contribution in [0.3, 0.4) is 0 Å². The Bertz CT molecular complexity index is 704. The number of nitrogens with one attached hydrogen (secondary N) is 1. The molecule has 0 aliphatic carbocycles. The maximum absolute atomic E-state index is 9.61. The van der Waals surface area contributed by atoms with E-state index in [4.69, 9.17) is 0 Å². The Hall–Kier alpha value is -2.16. The number of rotatable bonds is 5. The lowest BCUT2D eigenvalue weighted by Crippen LogP contribution is -2.24. The molecule has 3 aromatic carbocycles. The van der Waals surface area contributed by atoms with E-state index in [0.717, 1.165) is 12.1 Å². The van der Waals surface area contributed by atoms with E-state index in [0.29, 0.717) is 0 Å². The summed E-state index contributed by atoms with van der Waals surface area (Å²) in [5.74, 6) is 0. The molecule has 0 saturated heterocycles. The summed E-state index contributed by atoms with van der Waals surface area (Å²) in [6, 6.07) is 24.7. The second-order valence-corrected chi connectivity index (χ2v) is 5.17. The highest BCUT2D eigenvalue weighted by molar-refractivity contribution is 5.85. The third-order valence-corrected chi connectivity index (χ3v) is 3.80. The van der Waals surface area contributed by atoms with Crippen LogP contribution in [0.5, 0.6) is 0 Å². The lowest BCUT2D eigenvalue weighted by atomic mass is 10.0. The molecule has 0 amide bonds. The first-order chi connectivity index (χ1) is 10.4. The normalized spacial score (nSPS) is 12.4. The second-order valence-electron chi connectivity index (χ2n) is 5.17. The van der Waals surface area contributed by atoms with Crippen LogP contribution in [0.2, 0.25) is 0 Å². The molecule has 2 nitrogen and oxygen atoms in total. The van der Waals surface area contributed by atoms with E-state index in [9.17, 15) is 5.11 Å². The van der Waals surface area contributed by atoms with Crippen LogP contribution in [0.1, 0.15) is 17.2 Å². The van der Waals surface area contributed by atoms with Crippen molar-refractivity contribution in [2.45, 2.75) is 12.6 Å². The number of benzene rings is 3. The molecule has 1 atom stereocenters. The van der Waals surface area contributed by atoms with Gasteiger partial charge in [0.15, 0.2) is 0 Å². The predicted octanol–water partition coefficient (Wildman–Crippen LogP) is 3.66. The fourth-order valence-electron chi connectivity index (χ4n) is 2.65. The van der Waals surface area contributed by atoms with Crippen LogP contribution < -0.4 is 5.32 Å². The van der Waals surface area contributed by atoms with Gasteiger partial charge >= 0.3 is 0 Å². The van der Waals surface area contributed by atoms with Crippen LogP contribution in [0, 0.1) is 0 Å². The number of hydrogen-bond donors (Lipinski definition) is 2. The molecular formula is C19H19NO. The quantitative estimate of drug-likeness (QED) is 0.746. The lowest BCUT2D eigenvalue weighted by Gasteiger charge is -2.17. The van der Waals surface area contributed by atoms with Gasteiger partial charge in [-0.3, -0.25) is 0 Å². The second kappa shape index (κ2) is 6.53. The van der Waals surface area contributed by atoms with Crippen molar-refractivity contribution in [3.63, 3.8) is 0 Å². The van der Waals surface area contributed by atoms with Crippen LogP contribution in [0.15, 0.2) is 72.8 Å². The number of aliphatic hydroxyl groups excluding tert-OH is 1. The van der Waals surface area contributed by atoms with Crippen LogP contribution in [-0.4, -0.2) is 11.7 Å². The van der Waals surface area contributed by atoms with Crippen LogP contribution in [0.25, 0.3) is 10.8 Å². The van der Waals surface area contributed by atoms with Gasteiger partial charge in [-0.15, -0.1) is 0 Å². The van der Waals surface area contributed by atoms with Crippen molar-refractivity contribution in [2.24, 2.45) is 0 Å². The van der Waals surface area contributed by atoms with Gasteiger partial charge in [-0.2, -0.15) is 0 Å². The van der Waals surface area contributed by atoms with E-state index in [1.807, 2.05) is 30.3 Å². The van der Waals surface area contributed by atoms with Crippen molar-refractivity contribution >= 4 is 10.8 Å². The molecule has 21 heavy (non-hydrogen) atoms. The molecule has 2 heteroatoms. The van der Waals surface area contributed by atoms with E-state index < -0.39 is 0 Å². The highest BCUT2D eigenvalue weighted by Gasteiger charge is 2.09. The molecule has 0 fully saturated rings. The Balaban J connectivity index is 1.79. The molecule has 2 N–H and O–H groups in total. The average Bonchev–Trinajstić information content (AvgIpc) is 2.56. The molecule has 3 aromatic rings. The lowest BCUT2D eigenvalue weighted by molar-refractivity contribution is 0.244. The summed E-state index contributed by atoms with van der Waals surface area (Å²) in [7, 11) is 0. The van der Waals surface area contributed by atoms with Gasteiger partial charge in [-0.25, -0.2) is 0 Å². The van der Waals surface area contributed by atoms with Crippen LogP contribution >= 0.6 is 0 Å². The van der Waals surface area contributed by atoms with Crippen molar-refractivity contribution in [3.05, 3.63) is 83.9 Å². The number of fused-ring (bicyclic) bond motifs is 1. The molecule has 3 rings (SSSR count). The standard InChI is InChI=1S/C19H19NO/c21-14-19(16-8-2-1-3-9-16)20-13-17-11-6-10-15-7-4-5-12-18(15)17/h1-12,19-21H,13-14H2. The summed E-state index contributed by atoms with van der Waals surface area (Å²) in [6.45, 7) is 0.830. The third kappa shape index (κ3) is 3.13. The van der Waals surface area contributed by atoms with Gasteiger partial charge in [0.05, 0.1) is 12.6 Å². The first-order valence-corrected chi connectivity index (χ1v) is 7.24. The summed E-state index contributed by atoms with van der Waals surface area (Å²) < 4.78 is 0. The van der Waals surface area contributed by atoms with Gasteiger partial charge in [0.2, 0.25) is 0 Å². The molecule has 0 bridgehead atoms. The van der Waals surface area contributed by atoms with Gasteiger partial charge in [-0.05, 0) is 21.9 Å². The van der Waals surface area contributed by atoms with Crippen molar-refractivity contribution in [1.29, 1.82) is 0 Å². The Kier molecular flexibility index (Phi) is 4.29. The van der Waals surface area contributed by atoms with Crippen molar-refractivity contribution in [2.75, 3.05) is 6.61 Å². The first-order valence-electron chi connectivity index (χ1n) is 7.24. The van der Waals surface area contributed by atoms with E-state index in [1.54, 1.807) is 0 Å². The minimum absolute atomic E-state index is 0.0369. The summed E-state index contributed by atoms with van der Waals surface area (Å²) in [6.07, 6.45) is 0. The number of aliphatic hydroxyl groups is 1. The Morgan fingerprint density at radius 1 is 0.810 bits per heavy atom. The van der Waals surface area contributed by atoms with Crippen molar-refractivity contribution in [3.8, 4) is 0 Å². The van der Waals surface area contributed by atoms with E-state index in [2.05, 4.69) is 47.8 Å². The maximum atomic E-state index is 9.61. The summed E-state index contributed by atoms with van der Waals surface area (Å²) in [5, 5.41) is 15.6. The van der Waals surface area contributed by atoms with Crippen LogP contribution in [0.4, 0.5) is 0 Å². The zero-order valence-corrected chi connectivity index (χ0v) is 11.9. The SMILES string of the molecule is OCC(NCc1cccc2ccccc12)c1ccccc1. The molecule has 0 saturated carbocycles. The molecule has 0 heterocycles. The van der Waals surface area contributed by atoms with Gasteiger partial charge < -0.3 is 10.4 Å². The molecule has 106 valence electrons. The monoisotopic (exact) mass is 277 g/mol. The molecular weight excluding hydrogens is 258 g/mol. The first kappa shape index (κ1) is 13.8. The summed E-state index contributed by atoms with van der Waals surface area (Å²) in [5.41, 5.74) is 2.36. The molecule has 0 radical (unpaired) electrons. The zero-order valence-electron chi connectivity index (χ0n) is 11.9. The smallest absolute Gasteiger partial charge is 0.0626 e. The Labute approximate surface area is 125 Å². The zero-order chi connectivity index (χ0) is 14.5. The minimum Gasteiger partial charge on any atom is -0.394 e. The topological polar surface area (TPSA) is 32.3 Å². The molecule has 0 aliphatic heterocycles. The Morgan fingerprint density at radius 2 is 1.52 bits per heavy atom. The third-order valence-electron chi connectivity index (χ3n) is 3.80. The van der Waals surface area contributed by atoms with Crippen LogP contribution in [-0.2, 0) is 6.54 Å². The molecule has 0 aliphatic rings. The van der Waals surface area contributed by atoms with Crippen molar-refractivity contribution in [1.82, 2.24) is 5.32 Å². The van der Waals surface area contributed by atoms with E-state index >= 15 is 0 Å². The fourth-order valence-corrected chi connectivity index (χ4v) is 2.65. The van der Waals surface area contributed by atoms with E-state index in [1.165, 1.54) is 16.3 Å². The average molecular weight is 277 g/mol. The summed E-state index contributed by atoms with van der Waals surface area (Å²) >= 11 is 0. The summed E-state index contributed by atoms with van der Waals surface area (Å²) in [4.78, 5) is 0. The van der Waals surface area contributed by atoms with Gasteiger partial charge in [0.1, 0.15) is 0 Å². The van der Waals surface area contributed by atoms with Gasteiger partial charge in [-0.1, -0.05) is 72.8 Å². The molecule has 1 unspecified atom stereocenters. The molecule has 0 spiro atoms. The fraction of sp³-hybridized carbons (Fsp3) is 0.158. The van der Waals surface area contributed by atoms with E-state index in [-0.39, 0.29) is 12.6 Å². The minimum atomic E-state index is -0.0369. The highest BCUT2D eigenvalue weighted by Crippen LogP contribution is 2.19. The molecule has 0 aromatic heterocycles. The van der Waals surface area contributed by atoms with Gasteiger partial charge in [0, 0.05) is 6.54 Å². The highest BCUT2D eigenvalue weighted by atomic mass is 16.3.